The summed E-state index contributed by atoms with van der Waals surface area (Å²) in [5, 5.41) is 0. The van der Waals surface area contributed by atoms with Crippen LogP contribution in [0.15, 0.2) is 24.3 Å². The van der Waals surface area contributed by atoms with Crippen LogP contribution in [0.1, 0.15) is 51.0 Å². The van der Waals surface area contributed by atoms with Crippen molar-refractivity contribution in [2.75, 3.05) is 7.11 Å². The van der Waals surface area contributed by atoms with E-state index in [1.807, 2.05) is 12.1 Å². The zero-order chi connectivity index (χ0) is 13.9. The molecule has 1 atom stereocenters. The molecule has 0 aliphatic heterocycles. The summed E-state index contributed by atoms with van der Waals surface area (Å²) in [6.45, 7) is 2.24. The van der Waals surface area contributed by atoms with Crippen LogP contribution >= 0.6 is 0 Å². The fourth-order valence-electron chi connectivity index (χ4n) is 2.26. The Hall–Kier alpha value is -1.06. The van der Waals surface area contributed by atoms with Crippen LogP contribution in [0.4, 0.5) is 0 Å². The maximum absolute atomic E-state index is 5.63. The van der Waals surface area contributed by atoms with Crippen LogP contribution in [0.2, 0.25) is 0 Å². The van der Waals surface area contributed by atoms with Crippen molar-refractivity contribution in [3.63, 3.8) is 0 Å². The van der Waals surface area contributed by atoms with Gasteiger partial charge in [-0.05, 0) is 37.0 Å². The highest BCUT2D eigenvalue weighted by Crippen LogP contribution is 2.15. The molecular formula is C16H28N2O. The van der Waals surface area contributed by atoms with Crippen LogP contribution in [0.5, 0.6) is 5.75 Å². The lowest BCUT2D eigenvalue weighted by Crippen LogP contribution is -2.35. The molecule has 19 heavy (non-hydrogen) atoms. The lowest BCUT2D eigenvalue weighted by atomic mass is 10.0. The molecule has 0 aliphatic rings. The third-order valence-electron chi connectivity index (χ3n) is 3.58. The van der Waals surface area contributed by atoms with Gasteiger partial charge in [-0.25, -0.2) is 0 Å². The first kappa shape index (κ1) is 16.0. The smallest absolute Gasteiger partial charge is 0.118 e. The number of benzene rings is 1. The zero-order valence-electron chi connectivity index (χ0n) is 12.3. The van der Waals surface area contributed by atoms with Gasteiger partial charge in [-0.3, -0.25) is 11.3 Å². The second-order valence-corrected chi connectivity index (χ2v) is 5.10. The van der Waals surface area contributed by atoms with E-state index in [0.717, 1.165) is 18.6 Å². The first-order valence-corrected chi connectivity index (χ1v) is 7.39. The van der Waals surface area contributed by atoms with Crippen LogP contribution in [0.25, 0.3) is 0 Å². The van der Waals surface area contributed by atoms with E-state index in [0.29, 0.717) is 6.04 Å². The topological polar surface area (TPSA) is 47.3 Å². The Balaban J connectivity index is 2.27. The predicted molar refractivity (Wildman–Crippen MR) is 81.2 cm³/mol. The van der Waals surface area contributed by atoms with Gasteiger partial charge >= 0.3 is 0 Å². The SMILES string of the molecule is CCCCCCC(CCc1ccc(OC)cc1)NN. The summed E-state index contributed by atoms with van der Waals surface area (Å²) in [5.74, 6) is 6.54. The highest BCUT2D eigenvalue weighted by atomic mass is 16.5. The van der Waals surface area contributed by atoms with E-state index < -0.39 is 0 Å². The lowest BCUT2D eigenvalue weighted by Gasteiger charge is -2.15. The number of hydrogen-bond acceptors (Lipinski definition) is 3. The number of methoxy groups -OCH3 is 1. The van der Waals surface area contributed by atoms with Crippen LogP contribution in [0, 0.1) is 0 Å². The summed E-state index contributed by atoms with van der Waals surface area (Å²) in [7, 11) is 1.69. The van der Waals surface area contributed by atoms with Gasteiger partial charge in [0.05, 0.1) is 7.11 Å². The lowest BCUT2D eigenvalue weighted by molar-refractivity contribution is 0.414. The van der Waals surface area contributed by atoms with Gasteiger partial charge in [-0.2, -0.15) is 0 Å². The average Bonchev–Trinajstić information content (AvgIpc) is 2.47. The van der Waals surface area contributed by atoms with Crippen molar-refractivity contribution in [2.24, 2.45) is 5.84 Å². The first-order valence-electron chi connectivity index (χ1n) is 7.39. The second-order valence-electron chi connectivity index (χ2n) is 5.10. The van der Waals surface area contributed by atoms with Crippen molar-refractivity contribution in [3.8, 4) is 5.75 Å². The molecular weight excluding hydrogens is 236 g/mol. The van der Waals surface area contributed by atoms with Gasteiger partial charge in [0.15, 0.2) is 0 Å². The Morgan fingerprint density at radius 2 is 1.84 bits per heavy atom. The molecule has 0 saturated carbocycles. The van der Waals surface area contributed by atoms with Crippen molar-refractivity contribution in [3.05, 3.63) is 29.8 Å². The molecule has 0 fully saturated rings. The molecule has 3 nitrogen and oxygen atoms in total. The van der Waals surface area contributed by atoms with E-state index in [4.69, 9.17) is 10.6 Å². The monoisotopic (exact) mass is 264 g/mol. The summed E-state index contributed by atoms with van der Waals surface area (Å²) < 4.78 is 5.16. The van der Waals surface area contributed by atoms with Crippen LogP contribution < -0.4 is 16.0 Å². The highest BCUT2D eigenvalue weighted by Gasteiger charge is 2.06. The van der Waals surface area contributed by atoms with Gasteiger partial charge in [0.1, 0.15) is 5.75 Å². The summed E-state index contributed by atoms with van der Waals surface area (Å²) >= 11 is 0. The van der Waals surface area contributed by atoms with Crippen molar-refractivity contribution in [1.82, 2.24) is 5.43 Å². The standard InChI is InChI=1S/C16H28N2O/c1-3-4-5-6-7-15(18-17)11-8-14-9-12-16(19-2)13-10-14/h9-10,12-13,15,18H,3-8,11,17H2,1-2H3. The molecule has 1 aromatic rings. The Morgan fingerprint density at radius 1 is 1.11 bits per heavy atom. The summed E-state index contributed by atoms with van der Waals surface area (Å²) in [5.41, 5.74) is 4.29. The number of unbranched alkanes of at least 4 members (excludes halogenated alkanes) is 3. The van der Waals surface area contributed by atoms with Gasteiger partial charge in [0.2, 0.25) is 0 Å². The number of nitrogens with one attached hydrogen (secondary N) is 1. The van der Waals surface area contributed by atoms with E-state index in [2.05, 4.69) is 24.5 Å². The third kappa shape index (κ3) is 6.60. The Morgan fingerprint density at radius 3 is 2.42 bits per heavy atom. The number of rotatable bonds is 10. The number of hydrogen-bond donors (Lipinski definition) is 2. The second kappa shape index (κ2) is 9.82. The molecule has 0 heterocycles. The Bertz CT molecular complexity index is 324. The quantitative estimate of drug-likeness (QED) is 0.387. The van der Waals surface area contributed by atoms with Crippen molar-refractivity contribution in [1.29, 1.82) is 0 Å². The number of ether oxygens (including phenoxy) is 1. The van der Waals surface area contributed by atoms with Gasteiger partial charge < -0.3 is 4.74 Å². The average molecular weight is 264 g/mol. The molecule has 108 valence electrons. The van der Waals surface area contributed by atoms with Gasteiger partial charge in [-0.15, -0.1) is 0 Å². The van der Waals surface area contributed by atoms with Crippen molar-refractivity contribution >= 4 is 0 Å². The molecule has 0 aliphatic carbocycles. The zero-order valence-corrected chi connectivity index (χ0v) is 12.3. The largest absolute Gasteiger partial charge is 0.497 e. The van der Waals surface area contributed by atoms with Crippen LogP contribution in [0.3, 0.4) is 0 Å². The molecule has 0 amide bonds. The van der Waals surface area contributed by atoms with Gasteiger partial charge in [-0.1, -0.05) is 44.7 Å². The molecule has 3 N–H and O–H groups in total. The molecule has 0 radical (unpaired) electrons. The van der Waals surface area contributed by atoms with Gasteiger partial charge in [0.25, 0.3) is 0 Å². The maximum atomic E-state index is 5.63. The first-order chi connectivity index (χ1) is 9.30. The minimum absolute atomic E-state index is 0.430. The molecule has 0 aromatic heterocycles. The van der Waals surface area contributed by atoms with Crippen molar-refractivity contribution < 1.29 is 4.74 Å². The van der Waals surface area contributed by atoms with Crippen LogP contribution in [-0.2, 0) is 6.42 Å². The molecule has 1 rings (SSSR count). The molecule has 0 spiro atoms. The van der Waals surface area contributed by atoms with E-state index in [-0.39, 0.29) is 0 Å². The van der Waals surface area contributed by atoms with Crippen LogP contribution in [-0.4, -0.2) is 13.2 Å². The molecule has 0 saturated heterocycles. The van der Waals surface area contributed by atoms with E-state index in [1.165, 1.54) is 37.7 Å². The normalized spacial score (nSPS) is 12.4. The summed E-state index contributed by atoms with van der Waals surface area (Å²) in [6, 6.07) is 8.72. The molecule has 3 heteroatoms. The van der Waals surface area contributed by atoms with Gasteiger partial charge in [0, 0.05) is 6.04 Å². The number of aryl methyl sites for hydroxylation is 1. The van der Waals surface area contributed by atoms with Crippen molar-refractivity contribution in [2.45, 2.75) is 57.9 Å². The predicted octanol–water partition coefficient (Wildman–Crippen LogP) is 3.43. The number of nitrogens with two attached hydrogens (primary N) is 1. The third-order valence-corrected chi connectivity index (χ3v) is 3.58. The minimum Gasteiger partial charge on any atom is -0.497 e. The molecule has 0 bridgehead atoms. The summed E-state index contributed by atoms with van der Waals surface area (Å²) in [4.78, 5) is 0. The number of hydrazine groups is 1. The van der Waals surface area contributed by atoms with E-state index in [9.17, 15) is 0 Å². The molecule has 1 unspecified atom stereocenters. The maximum Gasteiger partial charge on any atom is 0.118 e. The van der Waals surface area contributed by atoms with E-state index in [1.54, 1.807) is 7.11 Å². The fraction of sp³-hybridized carbons (Fsp3) is 0.625. The Kier molecular flexibility index (Phi) is 8.26. The Labute approximate surface area is 117 Å². The highest BCUT2D eigenvalue weighted by molar-refractivity contribution is 5.27. The minimum atomic E-state index is 0.430. The fourth-order valence-corrected chi connectivity index (χ4v) is 2.26. The van der Waals surface area contributed by atoms with E-state index >= 15 is 0 Å². The molecule has 1 aromatic carbocycles. The summed E-state index contributed by atoms with van der Waals surface area (Å²) in [6.07, 6.45) is 8.53.